The van der Waals surface area contributed by atoms with E-state index in [9.17, 15) is 0 Å². The second kappa shape index (κ2) is 12.1. The van der Waals surface area contributed by atoms with E-state index in [0.29, 0.717) is 5.92 Å². The summed E-state index contributed by atoms with van der Waals surface area (Å²) in [6, 6.07) is 0. The summed E-state index contributed by atoms with van der Waals surface area (Å²) >= 11 is 1.69. The van der Waals surface area contributed by atoms with Crippen LogP contribution in [0.25, 0.3) is 0 Å². The topological polar surface area (TPSA) is 85.9 Å². The van der Waals surface area contributed by atoms with Crippen LogP contribution in [0, 0.1) is 5.92 Å². The number of aliphatic hydroxyl groups excluding tert-OH is 1. The summed E-state index contributed by atoms with van der Waals surface area (Å²) in [7, 11) is 1.72. The summed E-state index contributed by atoms with van der Waals surface area (Å²) in [4.78, 5) is 4.01. The number of allylic oxidation sites excluding steroid dienone is 3. The number of nitrogens with one attached hydrogen (secondary N) is 2. The Morgan fingerprint density at radius 1 is 1.44 bits per heavy atom. The Labute approximate surface area is 156 Å². The van der Waals surface area contributed by atoms with Gasteiger partial charge in [-0.3, -0.25) is 15.3 Å². The number of nitrogens with zero attached hydrogens (tertiary/aromatic N) is 2. The molecule has 0 aromatic carbocycles. The number of hydrogen-bond acceptors (Lipinski definition) is 6. The van der Waals surface area contributed by atoms with Crippen molar-refractivity contribution in [1.29, 1.82) is 0 Å². The Hall–Kier alpha value is -1.28. The highest BCUT2D eigenvalue weighted by Gasteiger charge is 2.29. The molecule has 0 saturated carbocycles. The molecule has 1 aliphatic heterocycles. The number of aliphatic hydroxyl groups is 1. The molecule has 3 atom stereocenters. The van der Waals surface area contributed by atoms with Crippen LogP contribution < -0.4 is 16.5 Å². The molecule has 0 radical (unpaired) electrons. The fourth-order valence-electron chi connectivity index (χ4n) is 2.50. The first-order chi connectivity index (χ1) is 12.0. The van der Waals surface area contributed by atoms with Crippen molar-refractivity contribution in [2.45, 2.75) is 51.6 Å². The summed E-state index contributed by atoms with van der Waals surface area (Å²) in [5.41, 5.74) is 1.30. The van der Waals surface area contributed by atoms with E-state index in [-0.39, 0.29) is 5.50 Å². The lowest BCUT2D eigenvalue weighted by atomic mass is 10.0. The average molecular weight is 368 g/mol. The van der Waals surface area contributed by atoms with Crippen LogP contribution in [-0.2, 0) is 0 Å². The van der Waals surface area contributed by atoms with Crippen LogP contribution in [0.1, 0.15) is 40.0 Å². The van der Waals surface area contributed by atoms with Gasteiger partial charge in [-0.1, -0.05) is 56.3 Å². The highest BCUT2D eigenvalue weighted by molar-refractivity contribution is 8.03. The maximum Gasteiger partial charge on any atom is 0.131 e. The zero-order chi connectivity index (χ0) is 18.7. The average Bonchev–Trinajstić information content (AvgIpc) is 2.98. The van der Waals surface area contributed by atoms with Crippen LogP contribution in [-0.4, -0.2) is 41.6 Å². The Bertz CT molecular complexity index is 502. The van der Waals surface area contributed by atoms with Crippen LogP contribution in [0.5, 0.6) is 0 Å². The molecule has 0 aromatic heterocycles. The van der Waals surface area contributed by atoms with E-state index in [1.165, 1.54) is 5.70 Å². The molecular weight excluding hydrogens is 334 g/mol. The van der Waals surface area contributed by atoms with Gasteiger partial charge in [-0.15, -0.1) is 0 Å². The highest BCUT2D eigenvalue weighted by atomic mass is 32.2. The molecule has 1 aliphatic rings. The smallest absolute Gasteiger partial charge is 0.131 e. The van der Waals surface area contributed by atoms with Crippen molar-refractivity contribution >= 4 is 18.1 Å². The van der Waals surface area contributed by atoms with Crippen LogP contribution in [0.15, 0.2) is 40.0 Å². The largest absolute Gasteiger partial charge is 0.389 e. The Morgan fingerprint density at radius 2 is 2.20 bits per heavy atom. The van der Waals surface area contributed by atoms with E-state index in [1.807, 2.05) is 12.2 Å². The Kier molecular flexibility index (Phi) is 10.6. The molecule has 2 unspecified atom stereocenters. The maximum absolute atomic E-state index is 9.14. The van der Waals surface area contributed by atoms with Crippen LogP contribution >= 0.6 is 11.8 Å². The van der Waals surface area contributed by atoms with E-state index in [0.717, 1.165) is 30.8 Å². The molecule has 0 aliphatic carbocycles. The zero-order valence-electron chi connectivity index (χ0n) is 15.8. The van der Waals surface area contributed by atoms with Gasteiger partial charge in [-0.05, 0) is 25.7 Å². The predicted molar refractivity (Wildman–Crippen MR) is 109 cm³/mol. The molecule has 5 N–H and O–H groups in total. The minimum absolute atomic E-state index is 0.113. The van der Waals surface area contributed by atoms with Crippen LogP contribution in [0.3, 0.4) is 0 Å². The van der Waals surface area contributed by atoms with Gasteiger partial charge in [-0.25, -0.2) is 5.84 Å². The third kappa shape index (κ3) is 8.09. The van der Waals surface area contributed by atoms with Gasteiger partial charge in [0.25, 0.3) is 0 Å². The second-order valence-electron chi connectivity index (χ2n) is 6.13. The van der Waals surface area contributed by atoms with E-state index in [4.69, 9.17) is 10.9 Å². The van der Waals surface area contributed by atoms with Crippen molar-refractivity contribution in [1.82, 2.24) is 15.6 Å². The van der Waals surface area contributed by atoms with Gasteiger partial charge in [0.05, 0.1) is 6.10 Å². The fraction of sp³-hybridized carbons (Fsp3) is 0.611. The van der Waals surface area contributed by atoms with Gasteiger partial charge < -0.3 is 10.4 Å². The third-order valence-electron chi connectivity index (χ3n) is 3.71. The van der Waals surface area contributed by atoms with E-state index < -0.39 is 6.10 Å². The summed E-state index contributed by atoms with van der Waals surface area (Å²) < 4.78 is 0. The monoisotopic (exact) mass is 367 g/mol. The quantitative estimate of drug-likeness (QED) is 0.112. The van der Waals surface area contributed by atoms with Crippen molar-refractivity contribution in [3.63, 3.8) is 0 Å². The minimum Gasteiger partial charge on any atom is -0.389 e. The normalized spacial score (nSPS) is 20.8. The number of thioether (sulfide) groups is 1. The lowest BCUT2D eigenvalue weighted by Crippen LogP contribution is -2.37. The van der Waals surface area contributed by atoms with Crippen molar-refractivity contribution in [2.24, 2.45) is 16.8 Å². The van der Waals surface area contributed by atoms with E-state index in [2.05, 4.69) is 35.5 Å². The number of nitrogens with two attached hydrogens (primary N) is 1. The molecule has 0 amide bonds. The van der Waals surface area contributed by atoms with Gasteiger partial charge in [0, 0.05) is 19.3 Å². The number of hydrogen-bond donors (Lipinski definition) is 4. The predicted octanol–water partition coefficient (Wildman–Crippen LogP) is 2.52. The summed E-state index contributed by atoms with van der Waals surface area (Å²) in [5, 5.41) is 18.8. The molecule has 0 spiro atoms. The molecule has 25 heavy (non-hydrogen) atoms. The van der Waals surface area contributed by atoms with Crippen LogP contribution in [0.2, 0.25) is 0 Å². The van der Waals surface area contributed by atoms with Crippen molar-refractivity contribution in [2.75, 3.05) is 13.6 Å². The molecule has 0 saturated heterocycles. The van der Waals surface area contributed by atoms with Gasteiger partial charge >= 0.3 is 0 Å². The first-order valence-electron chi connectivity index (χ1n) is 8.87. The molecule has 0 aromatic rings. The lowest BCUT2D eigenvalue weighted by Gasteiger charge is -2.18. The fourth-order valence-corrected chi connectivity index (χ4v) is 3.67. The summed E-state index contributed by atoms with van der Waals surface area (Å²) in [6.45, 7) is 7.02. The van der Waals surface area contributed by atoms with Gasteiger partial charge in [-0.2, -0.15) is 0 Å². The van der Waals surface area contributed by atoms with E-state index in [1.54, 1.807) is 43.2 Å². The molecule has 0 fully saturated rings. The van der Waals surface area contributed by atoms with Gasteiger partial charge in [0.1, 0.15) is 16.9 Å². The second-order valence-corrected chi connectivity index (χ2v) is 7.22. The van der Waals surface area contributed by atoms with Crippen molar-refractivity contribution in [3.8, 4) is 0 Å². The number of hydrazine groups is 1. The third-order valence-corrected chi connectivity index (χ3v) is 4.89. The molecule has 7 heteroatoms. The molecule has 1 rings (SSSR count). The standard InChI is InChI=1S/C18H33N5OS/c1-5-10-14(2)16-17(23(19)13-20-4)25-18(22-16)21-12-9-7-6-8-11-15(3)24/h6-8,11,13-15,18,21-22,24H,5,9-10,12,19H2,1-4H3/b7-6-,11-8-,20-13?/t14?,15-,18?/m1/s1. The molecule has 1 heterocycles. The Balaban J connectivity index is 2.52. The first kappa shape index (κ1) is 21.8. The zero-order valence-corrected chi connectivity index (χ0v) is 16.6. The van der Waals surface area contributed by atoms with Gasteiger partial charge in [0.15, 0.2) is 0 Å². The van der Waals surface area contributed by atoms with Crippen molar-refractivity contribution in [3.05, 3.63) is 35.0 Å². The Morgan fingerprint density at radius 3 is 2.84 bits per heavy atom. The van der Waals surface area contributed by atoms with E-state index >= 15 is 0 Å². The van der Waals surface area contributed by atoms with Crippen LogP contribution in [0.4, 0.5) is 0 Å². The summed E-state index contributed by atoms with van der Waals surface area (Å²) in [6.07, 6.45) is 12.1. The highest BCUT2D eigenvalue weighted by Crippen LogP contribution is 2.34. The summed E-state index contributed by atoms with van der Waals surface area (Å²) in [5.74, 6) is 6.54. The first-order valence-corrected chi connectivity index (χ1v) is 9.75. The van der Waals surface area contributed by atoms with Gasteiger partial charge in [0.2, 0.25) is 0 Å². The molecule has 0 bridgehead atoms. The number of aliphatic imine (C=N–C) groups is 1. The molecule has 6 nitrogen and oxygen atoms in total. The lowest BCUT2D eigenvalue weighted by molar-refractivity contribution is 0.244. The number of rotatable bonds is 11. The maximum atomic E-state index is 9.14. The minimum atomic E-state index is -0.402. The molecular formula is C18H33N5OS. The SMILES string of the molecule is CCCC(C)C1=C(N(N)C=NC)SC(NCC/C=C\C=C/[C@@H](C)O)N1. The van der Waals surface area contributed by atoms with Crippen molar-refractivity contribution < 1.29 is 5.11 Å². The molecule has 142 valence electrons.